The first-order valence-electron chi connectivity index (χ1n) is 7.17. The van der Waals surface area contributed by atoms with Crippen LogP contribution in [0.4, 0.5) is 0 Å². The number of carbonyl (C=O) groups is 1. The Bertz CT molecular complexity index is 629. The molecule has 0 amide bonds. The van der Waals surface area contributed by atoms with E-state index in [1.54, 1.807) is 4.68 Å². The Morgan fingerprint density at radius 1 is 1.33 bits per heavy atom. The lowest BCUT2D eigenvalue weighted by Crippen LogP contribution is -2.11. The van der Waals surface area contributed by atoms with Crippen molar-refractivity contribution < 1.29 is 9.53 Å². The highest BCUT2D eigenvalue weighted by Crippen LogP contribution is 2.16. The Labute approximate surface area is 123 Å². The van der Waals surface area contributed by atoms with Gasteiger partial charge in [-0.2, -0.15) is 0 Å². The standard InChI is InChI=1S/C14H21N5O2/c1-5-7-19-13(15-16-17-19)9-21-14(20)12-8-10(3)18(6-2)11(12)4/h8H,5-7,9H2,1-4H3. The topological polar surface area (TPSA) is 74.8 Å². The zero-order valence-electron chi connectivity index (χ0n) is 13.0. The lowest BCUT2D eigenvalue weighted by molar-refractivity contribution is 0.0455. The number of rotatable bonds is 6. The molecule has 7 heteroatoms. The average molecular weight is 291 g/mol. The van der Waals surface area contributed by atoms with Gasteiger partial charge in [-0.15, -0.1) is 5.10 Å². The second-order valence-corrected chi connectivity index (χ2v) is 4.92. The molecule has 0 saturated carbocycles. The van der Waals surface area contributed by atoms with Crippen LogP contribution in [0.25, 0.3) is 0 Å². The van der Waals surface area contributed by atoms with Crippen LogP contribution in [-0.2, 0) is 24.4 Å². The van der Waals surface area contributed by atoms with Crippen LogP contribution in [0, 0.1) is 13.8 Å². The Balaban J connectivity index is 2.07. The van der Waals surface area contributed by atoms with Gasteiger partial charge in [0.25, 0.3) is 0 Å². The third kappa shape index (κ3) is 3.12. The molecule has 2 heterocycles. The van der Waals surface area contributed by atoms with Crippen molar-refractivity contribution in [2.45, 2.75) is 53.8 Å². The molecule has 0 atom stereocenters. The molecule has 0 radical (unpaired) electrons. The lowest BCUT2D eigenvalue weighted by Gasteiger charge is -2.07. The van der Waals surface area contributed by atoms with E-state index < -0.39 is 0 Å². The highest BCUT2D eigenvalue weighted by Gasteiger charge is 2.17. The third-order valence-electron chi connectivity index (χ3n) is 3.48. The second kappa shape index (κ2) is 6.51. The third-order valence-corrected chi connectivity index (χ3v) is 3.48. The summed E-state index contributed by atoms with van der Waals surface area (Å²) in [6.45, 7) is 9.62. The predicted octanol–water partition coefficient (Wildman–Crippen LogP) is 1.88. The molecule has 0 aromatic carbocycles. The first-order chi connectivity index (χ1) is 10.1. The minimum Gasteiger partial charge on any atom is -0.454 e. The molecule has 21 heavy (non-hydrogen) atoms. The van der Waals surface area contributed by atoms with E-state index in [4.69, 9.17) is 4.74 Å². The van der Waals surface area contributed by atoms with Crippen LogP contribution in [0.15, 0.2) is 6.07 Å². The number of hydrogen-bond acceptors (Lipinski definition) is 5. The van der Waals surface area contributed by atoms with E-state index in [2.05, 4.69) is 20.1 Å². The van der Waals surface area contributed by atoms with E-state index >= 15 is 0 Å². The summed E-state index contributed by atoms with van der Waals surface area (Å²) < 4.78 is 9.07. The van der Waals surface area contributed by atoms with Crippen LogP contribution in [0.2, 0.25) is 0 Å². The summed E-state index contributed by atoms with van der Waals surface area (Å²) in [5, 5.41) is 11.4. The molecule has 7 nitrogen and oxygen atoms in total. The molecule has 0 unspecified atom stereocenters. The maximum atomic E-state index is 12.2. The van der Waals surface area contributed by atoms with E-state index in [9.17, 15) is 4.79 Å². The molecule has 0 aliphatic heterocycles. The Morgan fingerprint density at radius 2 is 2.10 bits per heavy atom. The average Bonchev–Trinajstić information content (AvgIpc) is 3.01. The molecule has 2 aromatic rings. The molecule has 0 N–H and O–H groups in total. The number of carbonyl (C=O) groups excluding carboxylic acids is 1. The minimum atomic E-state index is -0.339. The SMILES string of the molecule is CCCn1nnnc1COC(=O)c1cc(C)n(CC)c1C. The molecule has 0 bridgehead atoms. The normalized spacial score (nSPS) is 10.9. The predicted molar refractivity (Wildman–Crippen MR) is 76.8 cm³/mol. The van der Waals surface area contributed by atoms with Gasteiger partial charge in [-0.25, -0.2) is 9.48 Å². The van der Waals surface area contributed by atoms with E-state index in [1.807, 2.05) is 33.8 Å². The van der Waals surface area contributed by atoms with Crippen molar-refractivity contribution in [1.29, 1.82) is 0 Å². The molecule has 0 aliphatic carbocycles. The van der Waals surface area contributed by atoms with Gasteiger partial charge in [0, 0.05) is 24.5 Å². The van der Waals surface area contributed by atoms with Gasteiger partial charge in [0.15, 0.2) is 12.4 Å². The summed E-state index contributed by atoms with van der Waals surface area (Å²) in [6.07, 6.45) is 0.920. The Morgan fingerprint density at radius 3 is 2.71 bits per heavy atom. The van der Waals surface area contributed by atoms with Gasteiger partial charge < -0.3 is 9.30 Å². The zero-order valence-corrected chi connectivity index (χ0v) is 13.0. The molecule has 0 aliphatic rings. The minimum absolute atomic E-state index is 0.0849. The first-order valence-corrected chi connectivity index (χ1v) is 7.17. The molecule has 0 spiro atoms. The molecule has 0 fully saturated rings. The van der Waals surface area contributed by atoms with Crippen molar-refractivity contribution in [3.8, 4) is 0 Å². The van der Waals surface area contributed by atoms with Gasteiger partial charge in [-0.3, -0.25) is 0 Å². The fourth-order valence-corrected chi connectivity index (χ4v) is 2.41. The van der Waals surface area contributed by atoms with Gasteiger partial charge in [0.1, 0.15) is 0 Å². The number of hydrogen-bond donors (Lipinski definition) is 0. The summed E-state index contributed by atoms with van der Waals surface area (Å²) in [7, 11) is 0. The summed E-state index contributed by atoms with van der Waals surface area (Å²) in [6, 6.07) is 1.86. The van der Waals surface area contributed by atoms with Crippen LogP contribution in [0.3, 0.4) is 0 Å². The zero-order chi connectivity index (χ0) is 15.4. The first kappa shape index (κ1) is 15.2. The van der Waals surface area contributed by atoms with Gasteiger partial charge >= 0.3 is 5.97 Å². The number of nitrogens with zero attached hydrogens (tertiary/aromatic N) is 5. The van der Waals surface area contributed by atoms with Crippen molar-refractivity contribution in [3.05, 3.63) is 28.8 Å². The Hall–Kier alpha value is -2.18. The summed E-state index contributed by atoms with van der Waals surface area (Å²) in [4.78, 5) is 12.2. The summed E-state index contributed by atoms with van der Waals surface area (Å²) in [5.41, 5.74) is 2.58. The number of tetrazole rings is 1. The molecule has 0 saturated heterocycles. The van der Waals surface area contributed by atoms with E-state index in [0.29, 0.717) is 17.9 Å². The number of aromatic nitrogens is 5. The second-order valence-electron chi connectivity index (χ2n) is 4.92. The number of aryl methyl sites for hydroxylation is 2. The lowest BCUT2D eigenvalue weighted by atomic mass is 10.2. The van der Waals surface area contributed by atoms with Crippen LogP contribution in [0.5, 0.6) is 0 Å². The maximum absolute atomic E-state index is 12.2. The number of ether oxygens (including phenoxy) is 1. The molecular weight excluding hydrogens is 270 g/mol. The van der Waals surface area contributed by atoms with Crippen molar-refractivity contribution in [2.75, 3.05) is 0 Å². The van der Waals surface area contributed by atoms with Crippen molar-refractivity contribution in [2.24, 2.45) is 0 Å². The fraction of sp³-hybridized carbons (Fsp3) is 0.571. The highest BCUT2D eigenvalue weighted by molar-refractivity contribution is 5.91. The van der Waals surface area contributed by atoms with E-state index in [0.717, 1.165) is 24.4 Å². The molecular formula is C14H21N5O2. The summed E-state index contributed by atoms with van der Waals surface area (Å²) in [5.74, 6) is 0.225. The maximum Gasteiger partial charge on any atom is 0.340 e. The molecule has 114 valence electrons. The number of esters is 1. The van der Waals surface area contributed by atoms with Crippen molar-refractivity contribution in [3.63, 3.8) is 0 Å². The van der Waals surface area contributed by atoms with Gasteiger partial charge in [0.2, 0.25) is 0 Å². The fourth-order valence-electron chi connectivity index (χ4n) is 2.41. The van der Waals surface area contributed by atoms with E-state index in [-0.39, 0.29) is 12.6 Å². The van der Waals surface area contributed by atoms with Crippen LogP contribution in [0.1, 0.15) is 47.8 Å². The van der Waals surface area contributed by atoms with E-state index in [1.165, 1.54) is 0 Å². The largest absolute Gasteiger partial charge is 0.454 e. The van der Waals surface area contributed by atoms with Gasteiger partial charge in [-0.05, 0) is 43.7 Å². The monoisotopic (exact) mass is 291 g/mol. The van der Waals surface area contributed by atoms with Crippen LogP contribution < -0.4 is 0 Å². The van der Waals surface area contributed by atoms with Gasteiger partial charge in [0.05, 0.1) is 5.56 Å². The quantitative estimate of drug-likeness (QED) is 0.760. The Kier molecular flexibility index (Phi) is 4.72. The molecule has 2 aromatic heterocycles. The highest BCUT2D eigenvalue weighted by atomic mass is 16.5. The summed E-state index contributed by atoms with van der Waals surface area (Å²) >= 11 is 0. The van der Waals surface area contributed by atoms with Crippen molar-refractivity contribution >= 4 is 5.97 Å². The van der Waals surface area contributed by atoms with Crippen LogP contribution >= 0.6 is 0 Å². The molecule has 2 rings (SSSR count). The smallest absolute Gasteiger partial charge is 0.340 e. The van der Waals surface area contributed by atoms with Crippen molar-refractivity contribution in [1.82, 2.24) is 24.8 Å². The van der Waals surface area contributed by atoms with Crippen LogP contribution in [-0.4, -0.2) is 30.7 Å². The van der Waals surface area contributed by atoms with Gasteiger partial charge in [-0.1, -0.05) is 6.92 Å².